The molecule has 0 saturated heterocycles. The highest BCUT2D eigenvalue weighted by atomic mass is 16.6. The van der Waals surface area contributed by atoms with Gasteiger partial charge in [0, 0.05) is 19.3 Å². The average molecular weight is 1130 g/mol. The minimum atomic E-state index is -0.770. The predicted molar refractivity (Wildman–Crippen MR) is 349 cm³/mol. The lowest BCUT2D eigenvalue weighted by Crippen LogP contribution is -2.30. The monoisotopic (exact) mass is 1130 g/mol. The maximum atomic E-state index is 12.9. The highest BCUT2D eigenvalue weighted by Gasteiger charge is 2.19. The third kappa shape index (κ3) is 66.7. The van der Waals surface area contributed by atoms with Crippen LogP contribution in [0.1, 0.15) is 412 Å². The first-order chi connectivity index (χ1) is 39.5. The van der Waals surface area contributed by atoms with Gasteiger partial charge in [0.2, 0.25) is 0 Å². The van der Waals surface area contributed by atoms with Crippen LogP contribution >= 0.6 is 0 Å². The van der Waals surface area contributed by atoms with Crippen LogP contribution in [0.3, 0.4) is 0 Å². The maximum Gasteiger partial charge on any atom is 0.306 e. The molecule has 80 heavy (non-hydrogen) atoms. The first-order valence-corrected chi connectivity index (χ1v) is 36.3. The lowest BCUT2D eigenvalue weighted by molar-refractivity contribution is -0.167. The summed E-state index contributed by atoms with van der Waals surface area (Å²) in [4.78, 5) is 38.3. The minimum Gasteiger partial charge on any atom is -0.462 e. The Labute approximate surface area is 500 Å². The summed E-state index contributed by atoms with van der Waals surface area (Å²) in [5.74, 6) is -0.847. The van der Waals surface area contributed by atoms with Crippen LogP contribution in [0.2, 0.25) is 0 Å². The van der Waals surface area contributed by atoms with Gasteiger partial charge in [0.1, 0.15) is 13.2 Å². The van der Waals surface area contributed by atoms with Gasteiger partial charge in [0.15, 0.2) is 6.10 Å². The van der Waals surface area contributed by atoms with Crippen LogP contribution < -0.4 is 0 Å². The molecule has 0 aromatic heterocycles. The zero-order valence-electron chi connectivity index (χ0n) is 54.4. The molecule has 0 N–H and O–H groups in total. The number of unbranched alkanes of at least 4 members (excludes halogenated alkanes) is 53. The van der Waals surface area contributed by atoms with Crippen molar-refractivity contribution in [2.45, 2.75) is 419 Å². The fourth-order valence-corrected chi connectivity index (χ4v) is 11.2. The SMILES string of the molecule is CCCC/C=C\CCCCCCCC(=O)OCC(COC(=O)CCCCCCCCCCCCCCCCCCCCCCC/C=C\CCCCCCCCCC)OC(=O)CCCCCCCCCCCCCCCCCCCC. The maximum absolute atomic E-state index is 12.9. The largest absolute Gasteiger partial charge is 0.462 e. The summed E-state index contributed by atoms with van der Waals surface area (Å²) in [7, 11) is 0. The number of esters is 3. The van der Waals surface area contributed by atoms with Crippen molar-refractivity contribution in [3.8, 4) is 0 Å². The highest BCUT2D eigenvalue weighted by Crippen LogP contribution is 2.19. The predicted octanol–water partition coefficient (Wildman–Crippen LogP) is 25.0. The van der Waals surface area contributed by atoms with E-state index in [1.165, 1.54) is 308 Å². The molecule has 1 unspecified atom stereocenters. The normalized spacial score (nSPS) is 12.1. The Balaban J connectivity index is 4.05. The van der Waals surface area contributed by atoms with Crippen molar-refractivity contribution in [1.29, 1.82) is 0 Å². The van der Waals surface area contributed by atoms with Crippen molar-refractivity contribution in [2.24, 2.45) is 0 Å². The third-order valence-corrected chi connectivity index (χ3v) is 16.7. The molecule has 0 bridgehead atoms. The average Bonchev–Trinajstić information content (AvgIpc) is 3.46. The second-order valence-corrected chi connectivity index (χ2v) is 24.9. The van der Waals surface area contributed by atoms with E-state index in [2.05, 4.69) is 45.1 Å². The number of carbonyl (C=O) groups excluding carboxylic acids is 3. The van der Waals surface area contributed by atoms with E-state index in [9.17, 15) is 14.4 Å². The lowest BCUT2D eigenvalue weighted by atomic mass is 10.0. The van der Waals surface area contributed by atoms with Crippen LogP contribution in [0.25, 0.3) is 0 Å². The smallest absolute Gasteiger partial charge is 0.306 e. The standard InChI is InChI=1S/C74H140O6/c1-4-7-10-13-16-19-22-24-26-28-30-31-32-33-34-35-36-37-38-39-40-41-42-43-44-46-47-49-52-55-58-61-64-67-73(76)79-70-71(69-78-72(75)66-63-60-57-54-51-21-18-15-12-9-6-3)80-74(77)68-65-62-59-56-53-50-48-45-29-27-25-23-20-17-14-11-8-5-2/h15,18,28,30,71H,4-14,16-17,19-27,29,31-70H2,1-3H3/b18-15-,30-28-. The molecule has 0 aromatic carbocycles. The number of ether oxygens (including phenoxy) is 3. The molecule has 0 aliphatic heterocycles. The quantitative estimate of drug-likeness (QED) is 0.0261. The summed E-state index contributed by atoms with van der Waals surface area (Å²) in [6.45, 7) is 6.67. The second-order valence-electron chi connectivity index (χ2n) is 24.9. The Morgan fingerprint density at radius 3 is 0.662 bits per heavy atom. The summed E-state index contributed by atoms with van der Waals surface area (Å²) < 4.78 is 17.0. The van der Waals surface area contributed by atoms with Gasteiger partial charge in [-0.15, -0.1) is 0 Å². The van der Waals surface area contributed by atoms with E-state index in [1.807, 2.05) is 0 Å². The molecule has 0 radical (unpaired) electrons. The summed E-state index contributed by atoms with van der Waals surface area (Å²) >= 11 is 0. The summed E-state index contributed by atoms with van der Waals surface area (Å²) in [5, 5.41) is 0. The Morgan fingerprint density at radius 1 is 0.237 bits per heavy atom. The van der Waals surface area contributed by atoms with Gasteiger partial charge in [-0.2, -0.15) is 0 Å². The fourth-order valence-electron chi connectivity index (χ4n) is 11.2. The van der Waals surface area contributed by atoms with Crippen LogP contribution in [-0.4, -0.2) is 37.2 Å². The Kier molecular flexibility index (Phi) is 67.6. The molecule has 0 amide bonds. The van der Waals surface area contributed by atoms with Gasteiger partial charge in [0.25, 0.3) is 0 Å². The molecule has 0 spiro atoms. The molecule has 472 valence electrons. The van der Waals surface area contributed by atoms with E-state index in [4.69, 9.17) is 14.2 Å². The third-order valence-electron chi connectivity index (χ3n) is 16.7. The zero-order valence-corrected chi connectivity index (χ0v) is 54.4. The van der Waals surface area contributed by atoms with E-state index in [1.54, 1.807) is 0 Å². The fraction of sp³-hybridized carbons (Fsp3) is 0.905. The van der Waals surface area contributed by atoms with Crippen LogP contribution in [-0.2, 0) is 28.6 Å². The Hall–Kier alpha value is -2.11. The molecule has 0 saturated carbocycles. The summed E-state index contributed by atoms with van der Waals surface area (Å²) in [6.07, 6.45) is 85.2. The second kappa shape index (κ2) is 69.4. The summed E-state index contributed by atoms with van der Waals surface area (Å²) in [5.41, 5.74) is 0. The van der Waals surface area contributed by atoms with Crippen molar-refractivity contribution in [1.82, 2.24) is 0 Å². The van der Waals surface area contributed by atoms with E-state index in [-0.39, 0.29) is 31.1 Å². The molecule has 0 aliphatic rings. The molecule has 0 rings (SSSR count). The van der Waals surface area contributed by atoms with Crippen LogP contribution in [0.5, 0.6) is 0 Å². The molecule has 6 heteroatoms. The summed E-state index contributed by atoms with van der Waals surface area (Å²) in [6, 6.07) is 0. The molecule has 0 aliphatic carbocycles. The van der Waals surface area contributed by atoms with Gasteiger partial charge < -0.3 is 14.2 Å². The van der Waals surface area contributed by atoms with Crippen molar-refractivity contribution in [2.75, 3.05) is 13.2 Å². The first kappa shape index (κ1) is 77.9. The van der Waals surface area contributed by atoms with E-state index in [0.717, 1.165) is 64.2 Å². The first-order valence-electron chi connectivity index (χ1n) is 36.3. The van der Waals surface area contributed by atoms with Gasteiger partial charge in [-0.05, 0) is 64.2 Å². The van der Waals surface area contributed by atoms with Gasteiger partial charge in [-0.1, -0.05) is 353 Å². The molecule has 0 fully saturated rings. The van der Waals surface area contributed by atoms with Gasteiger partial charge >= 0.3 is 17.9 Å². The number of hydrogen-bond acceptors (Lipinski definition) is 6. The van der Waals surface area contributed by atoms with Gasteiger partial charge in [0.05, 0.1) is 0 Å². The van der Waals surface area contributed by atoms with Crippen molar-refractivity contribution in [3.05, 3.63) is 24.3 Å². The molecular weight excluding hydrogens is 985 g/mol. The van der Waals surface area contributed by atoms with Crippen LogP contribution in [0, 0.1) is 0 Å². The lowest BCUT2D eigenvalue weighted by Gasteiger charge is -2.18. The Bertz CT molecular complexity index is 1290. The van der Waals surface area contributed by atoms with Crippen LogP contribution in [0.15, 0.2) is 24.3 Å². The number of rotatable bonds is 68. The number of allylic oxidation sites excluding steroid dienone is 4. The molecule has 1 atom stereocenters. The van der Waals surface area contributed by atoms with E-state index >= 15 is 0 Å². The number of carbonyl (C=O) groups is 3. The molecule has 6 nitrogen and oxygen atoms in total. The van der Waals surface area contributed by atoms with Gasteiger partial charge in [-0.25, -0.2) is 0 Å². The van der Waals surface area contributed by atoms with E-state index in [0.29, 0.717) is 19.3 Å². The molecular formula is C74H140O6. The molecule has 0 heterocycles. The number of hydrogen-bond donors (Lipinski definition) is 0. The van der Waals surface area contributed by atoms with Crippen molar-refractivity contribution >= 4 is 17.9 Å². The van der Waals surface area contributed by atoms with Gasteiger partial charge in [-0.3, -0.25) is 14.4 Å². The highest BCUT2D eigenvalue weighted by molar-refractivity contribution is 5.71. The molecule has 0 aromatic rings. The topological polar surface area (TPSA) is 78.9 Å². The van der Waals surface area contributed by atoms with Crippen molar-refractivity contribution < 1.29 is 28.6 Å². The zero-order chi connectivity index (χ0) is 57.8. The van der Waals surface area contributed by atoms with Crippen LogP contribution in [0.4, 0.5) is 0 Å². The Morgan fingerprint density at radius 2 is 0.425 bits per heavy atom. The van der Waals surface area contributed by atoms with Crippen molar-refractivity contribution in [3.63, 3.8) is 0 Å². The van der Waals surface area contributed by atoms with E-state index < -0.39 is 6.10 Å². The minimum absolute atomic E-state index is 0.0673.